The molecule has 77 heavy (non-hydrogen) atoms. The summed E-state index contributed by atoms with van der Waals surface area (Å²) in [6, 6.07) is 57.4. The third-order valence-corrected chi connectivity index (χ3v) is 7.67. The monoisotopic (exact) mass is 1080 g/mol. The molecular formula is C69H122O8. The number of ether oxygens (including phenoxy) is 8. The summed E-state index contributed by atoms with van der Waals surface area (Å²) in [5.74, 6) is 0. The third-order valence-electron chi connectivity index (χ3n) is 7.67. The summed E-state index contributed by atoms with van der Waals surface area (Å²) in [6.45, 7) is 43.1. The molecule has 4 unspecified atom stereocenters. The Kier molecular flexibility index (Phi) is 95.9. The van der Waals surface area contributed by atoms with E-state index in [1.807, 2.05) is 170 Å². The lowest BCUT2D eigenvalue weighted by atomic mass is 10.1. The Morgan fingerprint density at radius 1 is 0.273 bits per heavy atom. The Hall–Kier alpha value is -4.48. The van der Waals surface area contributed by atoms with Crippen molar-refractivity contribution in [1.82, 2.24) is 0 Å². The number of hydrogen-bond donors (Lipinski definition) is 0. The highest BCUT2D eigenvalue weighted by molar-refractivity contribution is 5.82. The van der Waals surface area contributed by atoms with Gasteiger partial charge in [-0.2, -0.15) is 0 Å². The lowest BCUT2D eigenvalue weighted by molar-refractivity contribution is 0.171. The van der Waals surface area contributed by atoms with Crippen molar-refractivity contribution < 1.29 is 37.9 Å². The number of epoxide rings is 4. The first kappa shape index (κ1) is 89.1. The molecule has 0 aromatic heterocycles. The molecule has 0 N–H and O–H groups in total. The summed E-state index contributed by atoms with van der Waals surface area (Å²) in [6.07, 6.45) is 4.20. The Morgan fingerprint density at radius 3 is 0.442 bits per heavy atom. The number of rotatable bonds is 8. The van der Waals surface area contributed by atoms with Crippen LogP contribution in [-0.2, 0) is 37.9 Å². The molecule has 6 aromatic rings. The second kappa shape index (κ2) is 82.9. The molecule has 0 amide bonds. The van der Waals surface area contributed by atoms with Gasteiger partial charge < -0.3 is 37.9 Å². The van der Waals surface area contributed by atoms with Gasteiger partial charge in [0.25, 0.3) is 0 Å². The van der Waals surface area contributed by atoms with Crippen LogP contribution in [0.5, 0.6) is 0 Å². The van der Waals surface area contributed by atoms with Crippen molar-refractivity contribution in [3.63, 3.8) is 0 Å². The Morgan fingerprint density at radius 2 is 0.377 bits per heavy atom. The van der Waals surface area contributed by atoms with Gasteiger partial charge in [0.15, 0.2) is 0 Å². The second-order valence-corrected chi connectivity index (χ2v) is 14.1. The maximum absolute atomic E-state index is 4.82. The Labute approximate surface area is 477 Å². The minimum absolute atomic E-state index is 0. The third kappa shape index (κ3) is 75.8. The van der Waals surface area contributed by atoms with Gasteiger partial charge in [-0.3, -0.25) is 0 Å². The number of fused-ring (bicyclic) bond motifs is 2. The van der Waals surface area contributed by atoms with Gasteiger partial charge in [-0.25, -0.2) is 0 Å². The van der Waals surface area contributed by atoms with Crippen LogP contribution in [0.2, 0.25) is 0 Å². The molecule has 446 valence electrons. The maximum Gasteiger partial charge on any atom is 0.104 e. The molecular weight excluding hydrogens is 957 g/mol. The Balaban J connectivity index is -0.000000113. The Bertz CT molecular complexity index is 1430. The first-order valence-corrected chi connectivity index (χ1v) is 28.8. The summed E-state index contributed by atoms with van der Waals surface area (Å²) in [4.78, 5) is 0. The fraction of sp³-hybridized carbons (Fsp3) is 0.536. The zero-order valence-corrected chi connectivity index (χ0v) is 52.8. The van der Waals surface area contributed by atoms with Gasteiger partial charge in [0.05, 0.1) is 52.9 Å². The minimum atomic E-state index is 0. The van der Waals surface area contributed by atoms with E-state index < -0.39 is 0 Å². The molecule has 4 fully saturated rings. The van der Waals surface area contributed by atoms with Gasteiger partial charge in [0.2, 0.25) is 0 Å². The zero-order chi connectivity index (χ0) is 59.1. The molecule has 6 aromatic carbocycles. The molecule has 0 bridgehead atoms. The van der Waals surface area contributed by atoms with Gasteiger partial charge in [0, 0.05) is 28.4 Å². The predicted octanol–water partition coefficient (Wildman–Crippen LogP) is 19.8. The first-order chi connectivity index (χ1) is 37.5. The van der Waals surface area contributed by atoms with E-state index in [0.717, 1.165) is 52.9 Å². The molecule has 4 saturated heterocycles. The number of benzene rings is 6. The second-order valence-electron chi connectivity index (χ2n) is 14.1. The molecule has 4 atom stereocenters. The molecule has 0 aliphatic carbocycles. The van der Waals surface area contributed by atoms with Crippen LogP contribution in [0, 0.1) is 0 Å². The maximum atomic E-state index is 4.82. The minimum Gasteiger partial charge on any atom is -0.382 e. The summed E-state index contributed by atoms with van der Waals surface area (Å²) in [5, 5.41) is 5.24. The van der Waals surface area contributed by atoms with Crippen molar-refractivity contribution in [2.75, 3.05) is 81.3 Å². The standard InChI is InChI=1S/2C10H8.2C6H6.4C4H8O2.2C3H8.7C2H6.CH4/c2*1-2-6-10-8-4-3-7-9(10)5-1;2*1-2-4-6-5-3-1;4*1-5-2-4-3-6-4;2*1-3-2;7*1-2;/h2*1-8H;2*1-6H;4*4H,2-3H2,1H3;2*3H2,1-2H3;7*1-2H3;1H4. The van der Waals surface area contributed by atoms with Crippen LogP contribution in [0.15, 0.2) is 170 Å². The summed E-state index contributed by atoms with van der Waals surface area (Å²) >= 11 is 0. The van der Waals surface area contributed by atoms with E-state index in [1.54, 1.807) is 28.4 Å². The topological polar surface area (TPSA) is 87.0 Å². The van der Waals surface area contributed by atoms with Crippen molar-refractivity contribution in [1.29, 1.82) is 0 Å². The molecule has 0 spiro atoms. The highest BCUT2D eigenvalue weighted by atomic mass is 16.6. The highest BCUT2D eigenvalue weighted by Crippen LogP contribution is 2.13. The normalized spacial score (nSPS) is 14.4. The van der Waals surface area contributed by atoms with Crippen LogP contribution in [-0.4, -0.2) is 106 Å². The summed E-state index contributed by atoms with van der Waals surface area (Å²) in [7, 11) is 6.73. The number of methoxy groups -OCH3 is 4. The zero-order valence-electron chi connectivity index (χ0n) is 52.8. The molecule has 4 aliphatic heterocycles. The van der Waals surface area contributed by atoms with Gasteiger partial charge in [0.1, 0.15) is 24.4 Å². The SMILES string of the molecule is C.CC.CC.CC.CC.CC.CC.CC.CCC.CCC.COCC1CO1.COCC1CO1.COCC1CO1.COCC1CO1.c1ccc2ccccc2c1.c1ccc2ccccc2c1.c1ccccc1.c1ccccc1. The van der Waals surface area contributed by atoms with Crippen LogP contribution >= 0.6 is 0 Å². The van der Waals surface area contributed by atoms with Crippen LogP contribution < -0.4 is 0 Å². The average Bonchev–Trinajstić information content (AvgIpc) is 4.24. The molecule has 4 aliphatic rings. The van der Waals surface area contributed by atoms with E-state index in [4.69, 9.17) is 37.9 Å². The molecule has 8 heteroatoms. The molecule has 0 saturated carbocycles. The number of hydrogen-bond acceptors (Lipinski definition) is 8. The van der Waals surface area contributed by atoms with Crippen molar-refractivity contribution in [2.45, 2.75) is 169 Å². The van der Waals surface area contributed by atoms with E-state index >= 15 is 0 Å². The van der Waals surface area contributed by atoms with E-state index in [9.17, 15) is 0 Å². The van der Waals surface area contributed by atoms with Crippen LogP contribution in [0.25, 0.3) is 21.5 Å². The average molecular weight is 1080 g/mol. The predicted molar refractivity (Wildman–Crippen MR) is 345 cm³/mol. The van der Waals surface area contributed by atoms with E-state index in [2.05, 4.69) is 125 Å². The lowest BCUT2D eigenvalue weighted by Crippen LogP contribution is -1.94. The fourth-order valence-electron chi connectivity index (χ4n) is 4.44. The summed E-state index contributed by atoms with van der Waals surface area (Å²) < 4.78 is 38.3. The largest absolute Gasteiger partial charge is 0.382 e. The van der Waals surface area contributed by atoms with Gasteiger partial charge >= 0.3 is 0 Å². The van der Waals surface area contributed by atoms with Crippen molar-refractivity contribution >= 4 is 21.5 Å². The molecule has 8 nitrogen and oxygen atoms in total. The molecule has 0 radical (unpaired) electrons. The first-order valence-electron chi connectivity index (χ1n) is 28.8. The van der Waals surface area contributed by atoms with E-state index in [-0.39, 0.29) is 7.43 Å². The lowest BCUT2D eigenvalue weighted by Gasteiger charge is -1.92. The smallest absolute Gasteiger partial charge is 0.104 e. The van der Waals surface area contributed by atoms with Gasteiger partial charge in [-0.1, -0.05) is 315 Å². The van der Waals surface area contributed by atoms with Crippen LogP contribution in [0.1, 0.15) is 145 Å². The van der Waals surface area contributed by atoms with E-state index in [0.29, 0.717) is 24.4 Å². The van der Waals surface area contributed by atoms with Crippen molar-refractivity contribution in [3.05, 3.63) is 170 Å². The quantitative estimate of drug-likeness (QED) is 0.139. The van der Waals surface area contributed by atoms with Crippen LogP contribution in [0.3, 0.4) is 0 Å². The van der Waals surface area contributed by atoms with Gasteiger partial charge in [-0.05, 0) is 21.5 Å². The van der Waals surface area contributed by atoms with Crippen molar-refractivity contribution in [2.24, 2.45) is 0 Å². The molecule has 10 rings (SSSR count). The van der Waals surface area contributed by atoms with E-state index in [1.165, 1.54) is 34.4 Å². The highest BCUT2D eigenvalue weighted by Gasteiger charge is 2.22. The van der Waals surface area contributed by atoms with Gasteiger partial charge in [-0.15, -0.1) is 0 Å². The fourth-order valence-corrected chi connectivity index (χ4v) is 4.44. The van der Waals surface area contributed by atoms with Crippen LogP contribution in [0.4, 0.5) is 0 Å². The molecule has 4 heterocycles. The summed E-state index contributed by atoms with van der Waals surface area (Å²) in [5.41, 5.74) is 0. The van der Waals surface area contributed by atoms with Crippen molar-refractivity contribution in [3.8, 4) is 0 Å².